The fraction of sp³-hybridized carbons (Fsp3) is 0.571. The van der Waals surface area contributed by atoms with Crippen LogP contribution in [0, 0.1) is 0 Å². The minimum atomic E-state index is -0.437. The van der Waals surface area contributed by atoms with Gasteiger partial charge in [-0.25, -0.2) is 4.79 Å². The molecule has 3 amide bonds. The zero-order valence-corrected chi connectivity index (χ0v) is 11.6. The first-order valence-electron chi connectivity index (χ1n) is 7.02. The van der Waals surface area contributed by atoms with Crippen molar-refractivity contribution < 1.29 is 14.0 Å². The summed E-state index contributed by atoms with van der Waals surface area (Å²) in [5, 5.41) is 8.34. The second-order valence-corrected chi connectivity index (χ2v) is 5.14. The van der Waals surface area contributed by atoms with E-state index in [9.17, 15) is 9.59 Å². The van der Waals surface area contributed by atoms with Crippen LogP contribution in [0.5, 0.6) is 0 Å². The van der Waals surface area contributed by atoms with Crippen LogP contribution in [0.2, 0.25) is 0 Å². The van der Waals surface area contributed by atoms with Gasteiger partial charge in [0.1, 0.15) is 11.8 Å². The van der Waals surface area contributed by atoms with E-state index in [1.54, 1.807) is 6.26 Å². The maximum Gasteiger partial charge on any atom is 0.315 e. The third kappa shape index (κ3) is 4.29. The fourth-order valence-electron chi connectivity index (χ4n) is 2.28. The molecule has 1 fully saturated rings. The van der Waals surface area contributed by atoms with Crippen LogP contribution < -0.4 is 16.0 Å². The van der Waals surface area contributed by atoms with E-state index in [0.29, 0.717) is 19.4 Å². The fourth-order valence-corrected chi connectivity index (χ4v) is 2.28. The Hall–Kier alpha value is -1.98. The van der Waals surface area contributed by atoms with E-state index in [1.165, 1.54) is 0 Å². The van der Waals surface area contributed by atoms with Crippen LogP contribution >= 0.6 is 0 Å². The molecule has 0 aliphatic carbocycles. The molecule has 2 rings (SSSR count). The molecule has 0 spiro atoms. The average molecular weight is 279 g/mol. The molecule has 3 N–H and O–H groups in total. The van der Waals surface area contributed by atoms with Gasteiger partial charge in [-0.15, -0.1) is 0 Å². The van der Waals surface area contributed by atoms with Gasteiger partial charge in [-0.2, -0.15) is 0 Å². The number of urea groups is 1. The van der Waals surface area contributed by atoms with Crippen molar-refractivity contribution >= 4 is 11.9 Å². The number of carbonyl (C=O) groups excluding carboxylic acids is 2. The molecule has 0 radical (unpaired) electrons. The van der Waals surface area contributed by atoms with E-state index in [0.717, 1.165) is 18.6 Å². The van der Waals surface area contributed by atoms with Gasteiger partial charge in [0, 0.05) is 19.0 Å². The van der Waals surface area contributed by atoms with Gasteiger partial charge in [-0.1, -0.05) is 0 Å². The van der Waals surface area contributed by atoms with Crippen LogP contribution in [-0.2, 0) is 11.2 Å². The topological polar surface area (TPSA) is 83.4 Å². The molecule has 6 nitrogen and oxygen atoms in total. The van der Waals surface area contributed by atoms with E-state index in [-0.39, 0.29) is 18.0 Å². The molecule has 1 aliphatic heterocycles. The quantitative estimate of drug-likeness (QED) is 0.774. The van der Waals surface area contributed by atoms with Crippen molar-refractivity contribution in [2.75, 3.05) is 6.54 Å². The standard InChI is InChI=1S/C14H21N3O3/c1-10(9-11-5-4-8-20-11)16-14(19)17-12-6-2-3-7-15-13(12)18/h4-5,8,10,12H,2-3,6-7,9H2,1H3,(H,15,18)(H2,16,17,19)/t10-,12-/m0/s1. The van der Waals surface area contributed by atoms with E-state index in [1.807, 2.05) is 19.1 Å². The van der Waals surface area contributed by atoms with Crippen molar-refractivity contribution in [2.24, 2.45) is 0 Å². The number of nitrogens with one attached hydrogen (secondary N) is 3. The summed E-state index contributed by atoms with van der Waals surface area (Å²) in [5.41, 5.74) is 0. The van der Waals surface area contributed by atoms with Gasteiger partial charge in [-0.3, -0.25) is 4.79 Å². The highest BCUT2D eigenvalue weighted by atomic mass is 16.3. The summed E-state index contributed by atoms with van der Waals surface area (Å²) in [6, 6.07) is 2.88. The van der Waals surface area contributed by atoms with Gasteiger partial charge >= 0.3 is 6.03 Å². The number of furan rings is 1. The predicted octanol–water partition coefficient (Wildman–Crippen LogP) is 1.18. The Labute approximate surface area is 118 Å². The summed E-state index contributed by atoms with van der Waals surface area (Å²) >= 11 is 0. The maximum absolute atomic E-state index is 11.9. The molecule has 110 valence electrons. The third-order valence-electron chi connectivity index (χ3n) is 3.31. The van der Waals surface area contributed by atoms with Crippen LogP contribution in [0.1, 0.15) is 31.9 Å². The van der Waals surface area contributed by atoms with Gasteiger partial charge in [-0.05, 0) is 38.3 Å². The van der Waals surface area contributed by atoms with Crippen LogP contribution in [0.15, 0.2) is 22.8 Å². The lowest BCUT2D eigenvalue weighted by Crippen LogP contribution is -2.51. The molecular formula is C14H21N3O3. The molecular weight excluding hydrogens is 258 g/mol. The number of carbonyl (C=O) groups is 2. The number of hydrogen-bond acceptors (Lipinski definition) is 3. The monoisotopic (exact) mass is 279 g/mol. The molecule has 20 heavy (non-hydrogen) atoms. The van der Waals surface area contributed by atoms with Crippen molar-refractivity contribution in [3.8, 4) is 0 Å². The summed E-state index contributed by atoms with van der Waals surface area (Å²) in [5.74, 6) is 0.723. The molecule has 1 aromatic heterocycles. The third-order valence-corrected chi connectivity index (χ3v) is 3.31. The van der Waals surface area contributed by atoms with Crippen molar-refractivity contribution in [3.63, 3.8) is 0 Å². The minimum absolute atomic E-state index is 0.0602. The SMILES string of the molecule is C[C@@H](Cc1ccco1)NC(=O)N[C@H]1CCCCNC1=O. The Morgan fingerprint density at radius 3 is 3.15 bits per heavy atom. The Morgan fingerprint density at radius 1 is 1.55 bits per heavy atom. The smallest absolute Gasteiger partial charge is 0.315 e. The van der Waals surface area contributed by atoms with Gasteiger partial charge in [0.15, 0.2) is 0 Å². The van der Waals surface area contributed by atoms with E-state index in [4.69, 9.17) is 4.42 Å². The second kappa shape index (κ2) is 6.98. The van der Waals surface area contributed by atoms with Crippen molar-refractivity contribution in [1.29, 1.82) is 0 Å². The molecule has 1 saturated heterocycles. The molecule has 2 heterocycles. The first-order valence-corrected chi connectivity index (χ1v) is 7.02. The normalized spacial score (nSPS) is 20.6. The predicted molar refractivity (Wildman–Crippen MR) is 74.2 cm³/mol. The lowest BCUT2D eigenvalue weighted by Gasteiger charge is -2.18. The average Bonchev–Trinajstić information content (AvgIpc) is 2.81. The minimum Gasteiger partial charge on any atom is -0.469 e. The zero-order chi connectivity index (χ0) is 14.4. The highest BCUT2D eigenvalue weighted by Crippen LogP contribution is 2.06. The molecule has 0 saturated carbocycles. The Bertz CT molecular complexity index is 445. The molecule has 6 heteroatoms. The van der Waals surface area contributed by atoms with Crippen LogP contribution in [-0.4, -0.2) is 30.6 Å². The highest BCUT2D eigenvalue weighted by Gasteiger charge is 2.22. The molecule has 1 aromatic rings. The van der Waals surface area contributed by atoms with Crippen LogP contribution in [0.25, 0.3) is 0 Å². The first kappa shape index (κ1) is 14.4. The summed E-state index contributed by atoms with van der Waals surface area (Å²) in [7, 11) is 0. The molecule has 0 aromatic carbocycles. The summed E-state index contributed by atoms with van der Waals surface area (Å²) < 4.78 is 5.23. The van der Waals surface area contributed by atoms with Gasteiger partial charge in [0.05, 0.1) is 6.26 Å². The lowest BCUT2D eigenvalue weighted by molar-refractivity contribution is -0.122. The molecule has 0 bridgehead atoms. The summed E-state index contributed by atoms with van der Waals surface area (Å²) in [6.45, 7) is 2.59. The molecule has 0 unspecified atom stereocenters. The summed E-state index contributed by atoms with van der Waals surface area (Å²) in [4.78, 5) is 23.6. The van der Waals surface area contributed by atoms with E-state index >= 15 is 0 Å². The lowest BCUT2D eigenvalue weighted by atomic mass is 10.1. The van der Waals surface area contributed by atoms with E-state index < -0.39 is 6.04 Å². The number of rotatable bonds is 4. The Kier molecular flexibility index (Phi) is 5.03. The van der Waals surface area contributed by atoms with Gasteiger partial charge < -0.3 is 20.4 Å². The zero-order valence-electron chi connectivity index (χ0n) is 11.6. The van der Waals surface area contributed by atoms with Crippen LogP contribution in [0.4, 0.5) is 4.79 Å². The second-order valence-electron chi connectivity index (χ2n) is 5.14. The molecule has 2 atom stereocenters. The number of hydrogen-bond donors (Lipinski definition) is 3. The highest BCUT2D eigenvalue weighted by molar-refractivity contribution is 5.87. The summed E-state index contributed by atoms with van der Waals surface area (Å²) in [6.07, 6.45) is 4.81. The van der Waals surface area contributed by atoms with Gasteiger partial charge in [0.2, 0.25) is 5.91 Å². The van der Waals surface area contributed by atoms with Crippen LogP contribution in [0.3, 0.4) is 0 Å². The van der Waals surface area contributed by atoms with Crippen molar-refractivity contribution in [1.82, 2.24) is 16.0 Å². The first-order chi connectivity index (χ1) is 9.65. The molecule has 1 aliphatic rings. The van der Waals surface area contributed by atoms with Crippen molar-refractivity contribution in [3.05, 3.63) is 24.2 Å². The van der Waals surface area contributed by atoms with Gasteiger partial charge in [0.25, 0.3) is 0 Å². The number of amides is 3. The Morgan fingerprint density at radius 2 is 2.40 bits per heavy atom. The maximum atomic E-state index is 11.9. The van der Waals surface area contributed by atoms with Crippen molar-refractivity contribution in [2.45, 2.75) is 44.7 Å². The largest absolute Gasteiger partial charge is 0.469 e. The van der Waals surface area contributed by atoms with E-state index in [2.05, 4.69) is 16.0 Å². The Balaban J connectivity index is 1.77.